The van der Waals surface area contributed by atoms with Gasteiger partial charge in [-0.05, 0) is 42.2 Å². The molecule has 2 aromatic carbocycles. The number of benzene rings is 2. The van der Waals surface area contributed by atoms with Crippen LogP contribution in [-0.4, -0.2) is 29.7 Å². The van der Waals surface area contributed by atoms with E-state index in [2.05, 4.69) is 11.5 Å². The number of hydrazine groups is 1. The Morgan fingerprint density at radius 2 is 1.81 bits per heavy atom. The van der Waals surface area contributed by atoms with Crippen LogP contribution in [0.25, 0.3) is 0 Å². The lowest BCUT2D eigenvalue weighted by molar-refractivity contribution is -0.130. The highest BCUT2D eigenvalue weighted by Gasteiger charge is 2.28. The molecule has 0 radical (unpaired) electrons. The summed E-state index contributed by atoms with van der Waals surface area (Å²) >= 11 is 5.97. The number of carbonyl (C=O) groups excluding carboxylic acids is 1. The molecule has 0 heterocycles. The van der Waals surface area contributed by atoms with Gasteiger partial charge < -0.3 is 10.8 Å². The molecule has 2 unspecified atom stereocenters. The van der Waals surface area contributed by atoms with Crippen molar-refractivity contribution in [2.75, 3.05) is 11.6 Å². The zero-order chi connectivity index (χ0) is 22.9. The molecule has 6 nitrogen and oxygen atoms in total. The third kappa shape index (κ3) is 6.70. The van der Waals surface area contributed by atoms with Gasteiger partial charge in [-0.2, -0.15) is 5.26 Å². The first-order valence-corrected chi connectivity index (χ1v) is 11.6. The molecule has 0 spiro atoms. The van der Waals surface area contributed by atoms with Crippen molar-refractivity contribution in [1.29, 1.82) is 5.26 Å². The molecule has 0 bridgehead atoms. The molecule has 170 valence electrons. The summed E-state index contributed by atoms with van der Waals surface area (Å²) < 4.78 is 0. The minimum absolute atomic E-state index is 0.207. The van der Waals surface area contributed by atoms with E-state index in [1.165, 1.54) is 19.3 Å². The Morgan fingerprint density at radius 3 is 2.44 bits per heavy atom. The molecule has 7 heteroatoms. The van der Waals surface area contributed by atoms with Crippen molar-refractivity contribution in [1.82, 2.24) is 5.43 Å². The molecule has 32 heavy (non-hydrogen) atoms. The Balaban J connectivity index is 1.70. The van der Waals surface area contributed by atoms with E-state index in [9.17, 15) is 15.2 Å². The van der Waals surface area contributed by atoms with Crippen molar-refractivity contribution in [3.63, 3.8) is 0 Å². The number of amides is 1. The molecule has 4 N–H and O–H groups in total. The molecule has 0 saturated heterocycles. The molecule has 1 fully saturated rings. The summed E-state index contributed by atoms with van der Waals surface area (Å²) in [6.45, 7) is 0.207. The van der Waals surface area contributed by atoms with Gasteiger partial charge in [-0.25, -0.2) is 0 Å². The molecule has 1 saturated carbocycles. The highest BCUT2D eigenvalue weighted by atomic mass is 35.5. The van der Waals surface area contributed by atoms with E-state index < -0.39 is 24.0 Å². The number of nitriles is 1. The molecule has 1 aliphatic rings. The fourth-order valence-corrected chi connectivity index (χ4v) is 4.38. The Hall–Kier alpha value is -2.59. The number of aliphatic hydroxyl groups excluding tert-OH is 1. The first-order valence-electron chi connectivity index (χ1n) is 11.2. The summed E-state index contributed by atoms with van der Waals surface area (Å²) in [4.78, 5) is 12.9. The molecule has 0 aliphatic heterocycles. The van der Waals surface area contributed by atoms with Crippen LogP contribution in [0.2, 0.25) is 5.02 Å². The van der Waals surface area contributed by atoms with Gasteiger partial charge in [0.25, 0.3) is 5.91 Å². The predicted octanol–water partition coefficient (Wildman–Crippen LogP) is 4.14. The highest BCUT2D eigenvalue weighted by molar-refractivity contribution is 6.30. The van der Waals surface area contributed by atoms with Gasteiger partial charge in [-0.15, -0.1) is 0 Å². The Kier molecular flexibility index (Phi) is 8.92. The maximum atomic E-state index is 12.9. The number of nitrogens with two attached hydrogens (primary N) is 1. The minimum atomic E-state index is -1.32. The van der Waals surface area contributed by atoms with Gasteiger partial charge in [-0.3, -0.25) is 15.2 Å². The van der Waals surface area contributed by atoms with Gasteiger partial charge in [0.2, 0.25) is 0 Å². The monoisotopic (exact) mass is 454 g/mol. The smallest absolute Gasteiger partial charge is 0.268 e. The Bertz CT molecular complexity index is 894. The summed E-state index contributed by atoms with van der Waals surface area (Å²) in [5, 5.41) is 22.6. The van der Waals surface area contributed by atoms with E-state index in [1.807, 2.05) is 30.3 Å². The molecule has 1 amide bonds. The molecular weight excluding hydrogens is 424 g/mol. The summed E-state index contributed by atoms with van der Waals surface area (Å²) in [7, 11) is 0. The van der Waals surface area contributed by atoms with E-state index >= 15 is 0 Å². The first-order chi connectivity index (χ1) is 15.5. The lowest BCUT2D eigenvalue weighted by atomic mass is 9.84. The van der Waals surface area contributed by atoms with Crippen molar-refractivity contribution < 1.29 is 9.90 Å². The number of aliphatic hydroxyl groups is 1. The van der Waals surface area contributed by atoms with Crippen LogP contribution in [0.15, 0.2) is 54.6 Å². The number of para-hydroxylation sites is 1. The molecule has 2 aromatic rings. The van der Waals surface area contributed by atoms with Crippen LogP contribution in [-0.2, 0) is 4.79 Å². The van der Waals surface area contributed by atoms with E-state index in [4.69, 9.17) is 17.3 Å². The van der Waals surface area contributed by atoms with Gasteiger partial charge in [0.15, 0.2) is 0 Å². The topological polar surface area (TPSA) is 102 Å². The van der Waals surface area contributed by atoms with Crippen LogP contribution in [0.4, 0.5) is 5.69 Å². The number of halogens is 1. The van der Waals surface area contributed by atoms with E-state index in [0.29, 0.717) is 23.0 Å². The second-order valence-corrected chi connectivity index (χ2v) is 8.94. The lowest BCUT2D eigenvalue weighted by Crippen LogP contribution is -2.53. The molecule has 3 atom stereocenters. The molecule has 0 aromatic heterocycles. The standard InChI is InChI=1S/C25H31ClN4O2/c26-21-13-11-19(12-14-21)20(16-27)17-30(22-9-5-2-6-10-22)29-25(32)24(31)23(28)15-18-7-3-1-4-8-18/h2,5-6,9-14,18,20,23-24,31H,1,3-4,7-8,15,17,28H2,(H,29,32)/t20?,23-,24?/m1/s1. The van der Waals surface area contributed by atoms with Gasteiger partial charge in [0.05, 0.1) is 24.2 Å². The number of nitrogens with zero attached hydrogens (tertiary/aromatic N) is 2. The number of hydrogen-bond acceptors (Lipinski definition) is 5. The maximum Gasteiger partial charge on any atom is 0.268 e. The summed E-state index contributed by atoms with van der Waals surface area (Å²) in [5.41, 5.74) is 10.5. The van der Waals surface area contributed by atoms with Gasteiger partial charge in [-0.1, -0.05) is 74.0 Å². The average molecular weight is 455 g/mol. The van der Waals surface area contributed by atoms with Gasteiger partial charge >= 0.3 is 0 Å². The first kappa shape index (κ1) is 24.1. The van der Waals surface area contributed by atoms with Gasteiger partial charge in [0.1, 0.15) is 6.10 Å². The van der Waals surface area contributed by atoms with Crippen LogP contribution >= 0.6 is 11.6 Å². The third-order valence-corrected chi connectivity index (χ3v) is 6.36. The second-order valence-electron chi connectivity index (χ2n) is 8.50. The maximum absolute atomic E-state index is 12.9. The number of rotatable bonds is 9. The Labute approximate surface area is 194 Å². The SMILES string of the molecule is N#CC(CN(NC(=O)C(O)[C@H](N)CC1CCCCC1)c1ccccc1)c1ccc(Cl)cc1. The van der Waals surface area contributed by atoms with E-state index in [-0.39, 0.29) is 6.54 Å². The average Bonchev–Trinajstić information content (AvgIpc) is 2.83. The van der Waals surface area contributed by atoms with E-state index in [0.717, 1.165) is 18.4 Å². The van der Waals surface area contributed by atoms with Crippen LogP contribution in [0.5, 0.6) is 0 Å². The third-order valence-electron chi connectivity index (χ3n) is 6.11. The van der Waals surface area contributed by atoms with Crippen molar-refractivity contribution in [2.24, 2.45) is 11.7 Å². The number of anilines is 1. The van der Waals surface area contributed by atoms with Crippen LogP contribution in [0, 0.1) is 17.2 Å². The van der Waals surface area contributed by atoms with Crippen LogP contribution in [0.1, 0.15) is 50.0 Å². The lowest BCUT2D eigenvalue weighted by Gasteiger charge is -2.31. The molecular formula is C25H31ClN4O2. The normalized spacial score (nSPS) is 17.1. The molecule has 3 rings (SSSR count). The Morgan fingerprint density at radius 1 is 1.16 bits per heavy atom. The quantitative estimate of drug-likeness (QED) is 0.494. The van der Waals surface area contributed by atoms with Crippen molar-refractivity contribution in [2.45, 2.75) is 56.6 Å². The fourth-order valence-electron chi connectivity index (χ4n) is 4.25. The van der Waals surface area contributed by atoms with Crippen molar-refractivity contribution in [3.8, 4) is 6.07 Å². The summed E-state index contributed by atoms with van der Waals surface area (Å²) in [6.07, 6.45) is 5.12. The van der Waals surface area contributed by atoms with Crippen LogP contribution in [0.3, 0.4) is 0 Å². The van der Waals surface area contributed by atoms with Crippen molar-refractivity contribution in [3.05, 3.63) is 65.2 Å². The number of hydrogen-bond donors (Lipinski definition) is 3. The highest BCUT2D eigenvalue weighted by Crippen LogP contribution is 2.27. The largest absolute Gasteiger partial charge is 0.382 e. The summed E-state index contributed by atoms with van der Waals surface area (Å²) in [5.74, 6) is -0.620. The number of nitrogens with one attached hydrogen (secondary N) is 1. The van der Waals surface area contributed by atoms with Crippen molar-refractivity contribution >= 4 is 23.2 Å². The number of carbonyl (C=O) groups is 1. The fraction of sp³-hybridized carbons (Fsp3) is 0.440. The molecule has 1 aliphatic carbocycles. The van der Waals surface area contributed by atoms with Crippen LogP contribution < -0.4 is 16.2 Å². The predicted molar refractivity (Wildman–Crippen MR) is 127 cm³/mol. The summed E-state index contributed by atoms with van der Waals surface area (Å²) in [6, 6.07) is 18.0. The van der Waals surface area contributed by atoms with Gasteiger partial charge in [0, 0.05) is 11.1 Å². The zero-order valence-electron chi connectivity index (χ0n) is 18.2. The second kappa shape index (κ2) is 11.9. The zero-order valence-corrected chi connectivity index (χ0v) is 18.9. The minimum Gasteiger partial charge on any atom is -0.382 e. The van der Waals surface area contributed by atoms with E-state index in [1.54, 1.807) is 29.3 Å².